The van der Waals surface area contributed by atoms with Gasteiger partial charge in [-0.15, -0.1) is 11.3 Å². The maximum atomic E-state index is 2.74. The van der Waals surface area contributed by atoms with E-state index in [1.54, 1.807) is 0 Å². The molecule has 2 aliphatic carbocycles. The van der Waals surface area contributed by atoms with Gasteiger partial charge in [-0.05, 0) is 200 Å². The molecule has 5 heteroatoms. The highest BCUT2D eigenvalue weighted by Crippen LogP contribution is 2.55. The first-order valence-corrected chi connectivity index (χ1v) is 30.2. The molecule has 3 heterocycles. The summed E-state index contributed by atoms with van der Waals surface area (Å²) >= 11 is 1.96. The van der Waals surface area contributed by atoms with Gasteiger partial charge in [-0.3, -0.25) is 0 Å². The van der Waals surface area contributed by atoms with E-state index in [2.05, 4.69) is 271 Å². The number of benzene rings is 8. The van der Waals surface area contributed by atoms with Crippen molar-refractivity contribution in [3.05, 3.63) is 190 Å². The summed E-state index contributed by atoms with van der Waals surface area (Å²) in [6.07, 6.45) is 4.67. The Morgan fingerprint density at radius 3 is 1.62 bits per heavy atom. The number of hydrogen-bond donors (Lipinski definition) is 0. The summed E-state index contributed by atoms with van der Waals surface area (Å²) in [6.45, 7) is 38.7. The summed E-state index contributed by atoms with van der Waals surface area (Å²) in [5.41, 5.74) is 26.4. The van der Waals surface area contributed by atoms with E-state index >= 15 is 0 Å². The third kappa shape index (κ3) is 8.01. The number of hydrogen-bond acceptors (Lipinski definition) is 4. The molecule has 0 unspecified atom stereocenters. The molecule has 9 aromatic rings. The molecule has 0 spiro atoms. The molecule has 400 valence electrons. The zero-order chi connectivity index (χ0) is 55.7. The van der Waals surface area contributed by atoms with Gasteiger partial charge in [-0.2, -0.15) is 0 Å². The van der Waals surface area contributed by atoms with Crippen molar-refractivity contribution in [3.8, 4) is 0 Å². The average Bonchev–Trinajstić information content (AvgIpc) is 3.12. The van der Waals surface area contributed by atoms with Crippen LogP contribution < -0.4 is 31.1 Å². The Hall–Kier alpha value is -6.56. The Bertz CT molecular complexity index is 3950. The van der Waals surface area contributed by atoms with Crippen LogP contribution in [0.1, 0.15) is 167 Å². The van der Waals surface area contributed by atoms with Crippen LogP contribution in [0, 0.1) is 13.8 Å². The van der Waals surface area contributed by atoms with Crippen molar-refractivity contribution >= 4 is 106 Å². The maximum Gasteiger partial charge on any atom is 0.252 e. The summed E-state index contributed by atoms with van der Waals surface area (Å²) in [5, 5.41) is 2.71. The van der Waals surface area contributed by atoms with Crippen molar-refractivity contribution in [2.75, 3.05) is 14.7 Å². The third-order valence-electron chi connectivity index (χ3n) is 19.5. The number of thiophene rings is 1. The molecule has 0 saturated carbocycles. The Morgan fingerprint density at radius 1 is 0.468 bits per heavy atom. The van der Waals surface area contributed by atoms with Gasteiger partial charge in [0.25, 0.3) is 6.71 Å². The second-order valence-corrected chi connectivity index (χ2v) is 29.9. The second-order valence-electron chi connectivity index (χ2n) is 28.8. The van der Waals surface area contributed by atoms with E-state index in [9.17, 15) is 0 Å². The molecule has 13 rings (SSSR count). The lowest BCUT2D eigenvalue weighted by Gasteiger charge is -2.48. The summed E-state index contributed by atoms with van der Waals surface area (Å²) in [5.74, 6) is 0. The largest absolute Gasteiger partial charge is 0.311 e. The Kier molecular flexibility index (Phi) is 11.5. The zero-order valence-electron chi connectivity index (χ0n) is 50.0. The normalized spacial score (nSPS) is 17.5. The summed E-state index contributed by atoms with van der Waals surface area (Å²) in [6, 6.07) is 57.6. The van der Waals surface area contributed by atoms with Crippen molar-refractivity contribution in [2.24, 2.45) is 0 Å². The Morgan fingerprint density at radius 2 is 1.01 bits per heavy atom. The number of nitrogens with zero attached hydrogens (tertiary/aromatic N) is 3. The predicted molar refractivity (Wildman–Crippen MR) is 345 cm³/mol. The smallest absolute Gasteiger partial charge is 0.252 e. The molecule has 1 aromatic heterocycles. The van der Waals surface area contributed by atoms with Crippen molar-refractivity contribution in [1.82, 2.24) is 0 Å². The highest BCUT2D eigenvalue weighted by molar-refractivity contribution is 7.26. The van der Waals surface area contributed by atoms with Gasteiger partial charge < -0.3 is 14.7 Å². The van der Waals surface area contributed by atoms with Crippen LogP contribution in [-0.2, 0) is 32.5 Å². The quantitative estimate of drug-likeness (QED) is 0.159. The molecular weight excluding hydrogens is 974 g/mol. The Labute approximate surface area is 476 Å². The zero-order valence-corrected chi connectivity index (χ0v) is 50.8. The summed E-state index contributed by atoms with van der Waals surface area (Å²) < 4.78 is 2.66. The second kappa shape index (κ2) is 17.5. The number of aryl methyl sites for hydroxylation is 2. The van der Waals surface area contributed by atoms with Gasteiger partial charge in [-0.1, -0.05) is 176 Å². The van der Waals surface area contributed by atoms with Crippen LogP contribution >= 0.6 is 11.3 Å². The molecular formula is C74H80BN3S. The minimum atomic E-state index is -0.167. The predicted octanol–water partition coefficient (Wildman–Crippen LogP) is 19.5. The molecule has 4 aliphatic rings. The number of anilines is 9. The van der Waals surface area contributed by atoms with Crippen LogP contribution in [0.15, 0.2) is 146 Å². The Balaban J connectivity index is 1.19. The molecule has 0 bridgehead atoms. The van der Waals surface area contributed by atoms with Crippen LogP contribution in [0.3, 0.4) is 0 Å². The molecule has 0 N–H and O–H groups in total. The molecule has 2 aliphatic heterocycles. The van der Waals surface area contributed by atoms with Crippen molar-refractivity contribution in [3.63, 3.8) is 0 Å². The molecule has 0 radical (unpaired) electrons. The SMILES string of the molecule is Cc1ccccc1N(c1ccc2c(c1)N(c1ccc(C(C)(C)C)c3c1sc1ccccc13)c1cc(C(C)(C)C)cc3c1B2c1cc2c(cc1N3c1ccc3c(c1)C(C)(C)CCC3(C)C)C(C)(C)CCC2(C)C)c1ccccc1C. The van der Waals surface area contributed by atoms with Crippen molar-refractivity contribution in [2.45, 2.75) is 169 Å². The summed E-state index contributed by atoms with van der Waals surface area (Å²) in [7, 11) is 0. The van der Waals surface area contributed by atoms with Crippen molar-refractivity contribution < 1.29 is 0 Å². The van der Waals surface area contributed by atoms with Gasteiger partial charge in [0.1, 0.15) is 0 Å². The van der Waals surface area contributed by atoms with Crippen molar-refractivity contribution in [1.29, 1.82) is 0 Å². The molecule has 3 nitrogen and oxygen atoms in total. The third-order valence-corrected chi connectivity index (χ3v) is 20.7. The molecule has 79 heavy (non-hydrogen) atoms. The van der Waals surface area contributed by atoms with Gasteiger partial charge in [-0.25, -0.2) is 0 Å². The highest BCUT2D eigenvalue weighted by Gasteiger charge is 2.48. The minimum Gasteiger partial charge on any atom is -0.311 e. The standard InChI is InChI=1S/C74H80BN3S/c1-45-23-17-20-26-58(45)76(59-27-21-18-24-46(59)2)49-30-33-56-61(42-49)78(60-34-32-52(70(6,7)8)66-50-25-19-22-28-65(50)79-68(60)66)64-40-47(69(3,4)5)39-63-67(64)75(56)57-43-54-55(74(15,16)38-37-73(54,13)14)44-62(57)77(63)48-29-31-51-53(41-48)72(11,12)36-35-71(51,9)10/h17-34,39-44H,35-38H2,1-16H3. The molecule has 0 fully saturated rings. The number of fused-ring (bicyclic) bond motifs is 9. The lowest BCUT2D eigenvalue weighted by molar-refractivity contribution is 0.332. The van der Waals surface area contributed by atoms with Crippen LogP contribution in [0.5, 0.6) is 0 Å². The fraction of sp³-hybridized carbons (Fsp3) is 0.351. The van der Waals surface area contributed by atoms with E-state index in [-0.39, 0.29) is 39.2 Å². The number of para-hydroxylation sites is 2. The first kappa shape index (κ1) is 51.9. The molecule has 0 atom stereocenters. The fourth-order valence-electron chi connectivity index (χ4n) is 14.5. The van der Waals surface area contributed by atoms with Crippen LogP contribution in [0.4, 0.5) is 51.2 Å². The van der Waals surface area contributed by atoms with E-state index in [1.165, 1.54) is 139 Å². The van der Waals surface area contributed by atoms with Crippen LogP contribution in [-0.4, -0.2) is 6.71 Å². The van der Waals surface area contributed by atoms with E-state index in [1.807, 2.05) is 11.3 Å². The molecule has 0 amide bonds. The van der Waals surface area contributed by atoms with E-state index < -0.39 is 0 Å². The fourth-order valence-corrected chi connectivity index (χ4v) is 15.8. The summed E-state index contributed by atoms with van der Waals surface area (Å²) in [4.78, 5) is 7.99. The van der Waals surface area contributed by atoms with Gasteiger partial charge in [0.2, 0.25) is 0 Å². The van der Waals surface area contributed by atoms with Crippen LogP contribution in [0.25, 0.3) is 20.2 Å². The van der Waals surface area contributed by atoms with Crippen LogP contribution in [0.2, 0.25) is 0 Å². The van der Waals surface area contributed by atoms with E-state index in [4.69, 9.17) is 0 Å². The van der Waals surface area contributed by atoms with E-state index in [0.29, 0.717) is 0 Å². The average molecular weight is 1050 g/mol. The highest BCUT2D eigenvalue weighted by atomic mass is 32.1. The molecule has 8 aromatic carbocycles. The first-order chi connectivity index (χ1) is 37.2. The van der Waals surface area contributed by atoms with E-state index in [0.717, 1.165) is 18.5 Å². The molecule has 0 saturated heterocycles. The van der Waals surface area contributed by atoms with Gasteiger partial charge in [0.15, 0.2) is 0 Å². The van der Waals surface area contributed by atoms with Gasteiger partial charge in [0, 0.05) is 61.0 Å². The monoisotopic (exact) mass is 1050 g/mol. The van der Waals surface area contributed by atoms with Gasteiger partial charge >= 0.3 is 0 Å². The first-order valence-electron chi connectivity index (χ1n) is 29.4. The maximum absolute atomic E-state index is 2.74. The lowest BCUT2D eigenvalue weighted by atomic mass is 9.33. The lowest BCUT2D eigenvalue weighted by Crippen LogP contribution is -2.62. The minimum absolute atomic E-state index is 0.0158. The topological polar surface area (TPSA) is 9.72 Å². The number of rotatable bonds is 5. The van der Waals surface area contributed by atoms with Gasteiger partial charge in [0.05, 0.1) is 10.4 Å².